The highest BCUT2D eigenvalue weighted by molar-refractivity contribution is 6.31. The Labute approximate surface area is 205 Å². The summed E-state index contributed by atoms with van der Waals surface area (Å²) in [7, 11) is 3.12. The van der Waals surface area contributed by atoms with Crippen LogP contribution in [0.15, 0.2) is 42.6 Å². The largest absolute Gasteiger partial charge is 0.493 e. The standard InChI is InChI=1S/C25H21ClFN3O5/c1-33-20-7-16-10-29(11-17(16)8-21(20)34-2)23(31)12-30-24(32)13-35-22-6-15(9-28-25(22)30)14-3-4-19(27)18(26)5-14/h3-9H,10-13H2,1-2H3. The van der Waals surface area contributed by atoms with E-state index in [2.05, 4.69) is 4.98 Å². The molecule has 0 atom stereocenters. The number of benzene rings is 2. The van der Waals surface area contributed by atoms with E-state index in [1.807, 2.05) is 12.1 Å². The van der Waals surface area contributed by atoms with Crippen molar-refractivity contribution in [2.45, 2.75) is 13.1 Å². The zero-order valence-electron chi connectivity index (χ0n) is 19.0. The van der Waals surface area contributed by atoms with Crippen LogP contribution in [-0.4, -0.2) is 49.1 Å². The summed E-state index contributed by atoms with van der Waals surface area (Å²) in [6, 6.07) is 9.76. The SMILES string of the molecule is COc1cc2c(cc1OC)CN(C(=O)CN1C(=O)COc3cc(-c4ccc(F)c(Cl)c4)cnc31)C2. The molecule has 2 aromatic carbocycles. The quantitative estimate of drug-likeness (QED) is 0.533. The Morgan fingerprint density at radius 2 is 1.77 bits per heavy atom. The zero-order chi connectivity index (χ0) is 24.7. The number of halogens is 2. The number of aromatic nitrogens is 1. The molecule has 35 heavy (non-hydrogen) atoms. The fraction of sp³-hybridized carbons (Fsp3) is 0.240. The Morgan fingerprint density at radius 1 is 1.09 bits per heavy atom. The van der Waals surface area contributed by atoms with Crippen LogP contribution in [0, 0.1) is 5.82 Å². The first kappa shape index (κ1) is 22.9. The predicted octanol–water partition coefficient (Wildman–Crippen LogP) is 3.83. The van der Waals surface area contributed by atoms with Gasteiger partial charge < -0.3 is 19.1 Å². The van der Waals surface area contributed by atoms with Gasteiger partial charge in [-0.1, -0.05) is 17.7 Å². The molecule has 10 heteroatoms. The van der Waals surface area contributed by atoms with Crippen molar-refractivity contribution in [3.05, 3.63) is 64.6 Å². The van der Waals surface area contributed by atoms with E-state index in [0.29, 0.717) is 41.5 Å². The van der Waals surface area contributed by atoms with Crippen molar-refractivity contribution in [2.24, 2.45) is 0 Å². The molecule has 8 nitrogen and oxygen atoms in total. The molecule has 0 bridgehead atoms. The second-order valence-electron chi connectivity index (χ2n) is 8.17. The molecule has 0 aliphatic carbocycles. The summed E-state index contributed by atoms with van der Waals surface area (Å²) in [5, 5.41) is -0.00890. The fourth-order valence-electron chi connectivity index (χ4n) is 4.21. The van der Waals surface area contributed by atoms with Crippen molar-refractivity contribution in [2.75, 3.05) is 32.3 Å². The van der Waals surface area contributed by atoms with Crippen LogP contribution < -0.4 is 19.1 Å². The lowest BCUT2D eigenvalue weighted by molar-refractivity contribution is -0.132. The van der Waals surface area contributed by atoms with Gasteiger partial charge in [-0.2, -0.15) is 0 Å². The van der Waals surface area contributed by atoms with Crippen molar-refractivity contribution in [3.63, 3.8) is 0 Å². The van der Waals surface area contributed by atoms with Gasteiger partial charge in [-0.15, -0.1) is 0 Å². The molecule has 2 amide bonds. The van der Waals surface area contributed by atoms with E-state index in [1.54, 1.807) is 31.3 Å². The van der Waals surface area contributed by atoms with Crippen LogP contribution in [0.4, 0.5) is 10.2 Å². The van der Waals surface area contributed by atoms with Gasteiger partial charge in [0.25, 0.3) is 5.91 Å². The van der Waals surface area contributed by atoms with Gasteiger partial charge in [-0.3, -0.25) is 14.5 Å². The Balaban J connectivity index is 1.36. The molecule has 0 radical (unpaired) electrons. The number of anilines is 1. The van der Waals surface area contributed by atoms with Gasteiger partial charge in [-0.05, 0) is 47.0 Å². The zero-order valence-corrected chi connectivity index (χ0v) is 19.8. The van der Waals surface area contributed by atoms with E-state index >= 15 is 0 Å². The number of pyridine rings is 1. The molecule has 0 spiro atoms. The summed E-state index contributed by atoms with van der Waals surface area (Å²) in [5.74, 6) is 0.697. The first-order valence-electron chi connectivity index (χ1n) is 10.8. The van der Waals surface area contributed by atoms with E-state index in [-0.39, 0.29) is 35.8 Å². The van der Waals surface area contributed by atoms with Gasteiger partial charge in [0, 0.05) is 24.8 Å². The first-order valence-corrected chi connectivity index (χ1v) is 11.2. The number of carbonyl (C=O) groups is 2. The Hall–Kier alpha value is -3.85. The Morgan fingerprint density at radius 3 is 2.40 bits per heavy atom. The topological polar surface area (TPSA) is 81.2 Å². The Kier molecular flexibility index (Phi) is 5.94. The van der Waals surface area contributed by atoms with Crippen molar-refractivity contribution >= 4 is 29.2 Å². The first-order chi connectivity index (χ1) is 16.9. The second kappa shape index (κ2) is 9.07. The van der Waals surface area contributed by atoms with Gasteiger partial charge in [0.05, 0.1) is 19.2 Å². The van der Waals surface area contributed by atoms with Crippen LogP contribution in [0.5, 0.6) is 17.2 Å². The maximum Gasteiger partial charge on any atom is 0.266 e. The lowest BCUT2D eigenvalue weighted by Crippen LogP contribution is -2.45. The molecule has 3 aromatic rings. The van der Waals surface area contributed by atoms with Gasteiger partial charge in [0.2, 0.25) is 5.91 Å². The minimum Gasteiger partial charge on any atom is -0.493 e. The number of amides is 2. The van der Waals surface area contributed by atoms with Crippen LogP contribution in [-0.2, 0) is 22.7 Å². The van der Waals surface area contributed by atoms with Gasteiger partial charge in [0.15, 0.2) is 29.7 Å². The summed E-state index contributed by atoms with van der Waals surface area (Å²) < 4.78 is 29.8. The highest BCUT2D eigenvalue weighted by Gasteiger charge is 2.32. The third-order valence-electron chi connectivity index (χ3n) is 6.07. The lowest BCUT2D eigenvalue weighted by atomic mass is 10.1. The molecule has 0 fully saturated rings. The minimum absolute atomic E-state index is 0.00890. The third-order valence-corrected chi connectivity index (χ3v) is 6.36. The summed E-state index contributed by atoms with van der Waals surface area (Å²) in [6.07, 6.45) is 1.53. The molecular weight excluding hydrogens is 477 g/mol. The summed E-state index contributed by atoms with van der Waals surface area (Å²) in [5.41, 5.74) is 3.22. The number of hydrogen-bond acceptors (Lipinski definition) is 6. The molecule has 0 saturated carbocycles. The van der Waals surface area contributed by atoms with Crippen LogP contribution in [0.2, 0.25) is 5.02 Å². The van der Waals surface area contributed by atoms with Crippen LogP contribution in [0.1, 0.15) is 11.1 Å². The number of hydrogen-bond donors (Lipinski definition) is 0. The average Bonchev–Trinajstić information content (AvgIpc) is 3.29. The number of ether oxygens (including phenoxy) is 3. The molecule has 0 N–H and O–H groups in total. The predicted molar refractivity (Wildman–Crippen MR) is 126 cm³/mol. The van der Waals surface area contributed by atoms with Crippen molar-refractivity contribution in [1.82, 2.24) is 9.88 Å². The number of methoxy groups -OCH3 is 2. The maximum absolute atomic E-state index is 13.5. The molecule has 0 saturated heterocycles. The number of nitrogens with zero attached hydrogens (tertiary/aromatic N) is 3. The summed E-state index contributed by atoms with van der Waals surface area (Å²) >= 11 is 5.90. The second-order valence-corrected chi connectivity index (χ2v) is 8.58. The maximum atomic E-state index is 13.5. The van der Waals surface area contributed by atoms with Gasteiger partial charge in [-0.25, -0.2) is 9.37 Å². The average molecular weight is 498 g/mol. The minimum atomic E-state index is -0.520. The van der Waals surface area contributed by atoms with E-state index in [0.717, 1.165) is 11.1 Å². The van der Waals surface area contributed by atoms with Gasteiger partial charge >= 0.3 is 0 Å². The van der Waals surface area contributed by atoms with Crippen LogP contribution >= 0.6 is 11.6 Å². The molecule has 180 valence electrons. The fourth-order valence-corrected chi connectivity index (χ4v) is 4.40. The van der Waals surface area contributed by atoms with Crippen molar-refractivity contribution in [1.29, 1.82) is 0 Å². The lowest BCUT2D eigenvalue weighted by Gasteiger charge is -2.29. The molecular formula is C25H21ClFN3O5. The van der Waals surface area contributed by atoms with E-state index in [9.17, 15) is 14.0 Å². The van der Waals surface area contributed by atoms with E-state index in [1.165, 1.54) is 23.2 Å². The molecule has 3 heterocycles. The van der Waals surface area contributed by atoms with Crippen LogP contribution in [0.3, 0.4) is 0 Å². The monoisotopic (exact) mass is 497 g/mol. The number of carbonyl (C=O) groups excluding carboxylic acids is 2. The smallest absolute Gasteiger partial charge is 0.266 e. The van der Waals surface area contributed by atoms with E-state index < -0.39 is 5.82 Å². The number of rotatable bonds is 5. The normalized spacial score (nSPS) is 14.3. The molecule has 0 unspecified atom stereocenters. The van der Waals surface area contributed by atoms with Crippen molar-refractivity contribution < 1.29 is 28.2 Å². The number of fused-ring (bicyclic) bond motifs is 2. The molecule has 2 aliphatic heterocycles. The summed E-state index contributed by atoms with van der Waals surface area (Å²) in [6.45, 7) is 0.408. The van der Waals surface area contributed by atoms with E-state index in [4.69, 9.17) is 25.8 Å². The highest BCUT2D eigenvalue weighted by atomic mass is 35.5. The van der Waals surface area contributed by atoms with Crippen molar-refractivity contribution in [3.8, 4) is 28.4 Å². The van der Waals surface area contributed by atoms with Gasteiger partial charge in [0.1, 0.15) is 12.4 Å². The Bertz CT molecular complexity index is 1320. The van der Waals surface area contributed by atoms with Crippen LogP contribution in [0.25, 0.3) is 11.1 Å². The summed E-state index contributed by atoms with van der Waals surface area (Å²) in [4.78, 5) is 33.2. The third kappa shape index (κ3) is 4.23. The molecule has 2 aliphatic rings. The molecule has 5 rings (SSSR count). The molecule has 1 aromatic heterocycles. The highest BCUT2D eigenvalue weighted by Crippen LogP contribution is 2.37.